The average molecular weight is 246 g/mol. The molecule has 0 saturated carbocycles. The highest BCUT2D eigenvalue weighted by molar-refractivity contribution is 6.17. The standard InChI is InChI=1S/C9H8ClNO5/c1-16-9(13)7-3-6(11(14)15)2-5(4-10)8(7)12/h2-3,12H,4H2,1H3. The van der Waals surface area contributed by atoms with Crippen LogP contribution in [-0.4, -0.2) is 23.1 Å². The molecule has 0 aromatic heterocycles. The summed E-state index contributed by atoms with van der Waals surface area (Å²) in [5.41, 5.74) is -0.488. The molecule has 1 N–H and O–H groups in total. The van der Waals surface area contributed by atoms with Crippen molar-refractivity contribution in [2.75, 3.05) is 7.11 Å². The first-order valence-electron chi connectivity index (χ1n) is 4.15. The Balaban J connectivity index is 3.41. The second-order valence-corrected chi connectivity index (χ2v) is 3.15. The molecule has 0 aliphatic heterocycles. The van der Waals surface area contributed by atoms with E-state index < -0.39 is 16.6 Å². The van der Waals surface area contributed by atoms with Gasteiger partial charge in [-0.25, -0.2) is 4.79 Å². The Morgan fingerprint density at radius 1 is 1.62 bits per heavy atom. The van der Waals surface area contributed by atoms with Crippen molar-refractivity contribution < 1.29 is 19.6 Å². The lowest BCUT2D eigenvalue weighted by Gasteiger charge is -2.06. The number of aromatic hydroxyl groups is 1. The monoisotopic (exact) mass is 245 g/mol. The van der Waals surface area contributed by atoms with Crippen LogP contribution in [0.25, 0.3) is 0 Å². The summed E-state index contributed by atoms with van der Waals surface area (Å²) >= 11 is 5.49. The van der Waals surface area contributed by atoms with Crippen molar-refractivity contribution in [2.45, 2.75) is 5.88 Å². The molecule has 0 bridgehead atoms. The first kappa shape index (κ1) is 12.3. The molecular formula is C9H8ClNO5. The van der Waals surface area contributed by atoms with Crippen molar-refractivity contribution in [3.05, 3.63) is 33.4 Å². The Morgan fingerprint density at radius 2 is 2.25 bits per heavy atom. The fourth-order valence-corrected chi connectivity index (χ4v) is 1.35. The summed E-state index contributed by atoms with van der Waals surface area (Å²) in [5, 5.41) is 20.2. The number of ether oxygens (including phenoxy) is 1. The van der Waals surface area contributed by atoms with Crippen LogP contribution in [0.2, 0.25) is 0 Å². The number of esters is 1. The number of halogens is 1. The number of nitro groups is 1. The van der Waals surface area contributed by atoms with Gasteiger partial charge in [0.05, 0.1) is 17.9 Å². The lowest BCUT2D eigenvalue weighted by molar-refractivity contribution is -0.385. The van der Waals surface area contributed by atoms with E-state index >= 15 is 0 Å². The summed E-state index contributed by atoms with van der Waals surface area (Å²) in [6.07, 6.45) is 0. The zero-order valence-corrected chi connectivity index (χ0v) is 9.02. The summed E-state index contributed by atoms with van der Waals surface area (Å²) in [5.74, 6) is -1.39. The minimum absolute atomic E-state index is 0.108. The van der Waals surface area contributed by atoms with Crippen molar-refractivity contribution in [3.63, 3.8) is 0 Å². The van der Waals surface area contributed by atoms with Crippen LogP contribution in [0.15, 0.2) is 12.1 Å². The molecular weight excluding hydrogens is 238 g/mol. The Bertz CT molecular complexity index is 446. The molecule has 0 aliphatic carbocycles. The number of hydrogen-bond acceptors (Lipinski definition) is 5. The van der Waals surface area contributed by atoms with Crippen molar-refractivity contribution >= 4 is 23.3 Å². The molecule has 0 spiro atoms. The topological polar surface area (TPSA) is 89.7 Å². The first-order chi connectivity index (χ1) is 7.51. The van der Waals surface area contributed by atoms with Crippen LogP contribution >= 0.6 is 11.6 Å². The van der Waals surface area contributed by atoms with Gasteiger partial charge in [-0.05, 0) is 0 Å². The van der Waals surface area contributed by atoms with Crippen molar-refractivity contribution in [2.24, 2.45) is 0 Å². The smallest absolute Gasteiger partial charge is 0.341 e. The molecule has 16 heavy (non-hydrogen) atoms. The number of hydrogen-bond donors (Lipinski definition) is 1. The molecule has 0 amide bonds. The second kappa shape index (κ2) is 4.80. The number of nitro benzene ring substituents is 1. The van der Waals surface area contributed by atoms with E-state index in [-0.39, 0.29) is 22.7 Å². The van der Waals surface area contributed by atoms with E-state index in [1.54, 1.807) is 0 Å². The Hall–Kier alpha value is -1.82. The third-order valence-corrected chi connectivity index (χ3v) is 2.22. The van der Waals surface area contributed by atoms with Crippen molar-refractivity contribution in [1.29, 1.82) is 0 Å². The van der Waals surface area contributed by atoms with E-state index in [0.29, 0.717) is 0 Å². The molecule has 0 unspecified atom stereocenters. The summed E-state index contributed by atoms with van der Waals surface area (Å²) < 4.78 is 4.39. The van der Waals surface area contributed by atoms with Gasteiger partial charge >= 0.3 is 5.97 Å². The lowest BCUT2D eigenvalue weighted by Crippen LogP contribution is -2.04. The second-order valence-electron chi connectivity index (χ2n) is 2.88. The largest absolute Gasteiger partial charge is 0.507 e. The Labute approximate surface area is 95.6 Å². The maximum absolute atomic E-state index is 11.2. The number of nitrogens with zero attached hydrogens (tertiary/aromatic N) is 1. The molecule has 1 rings (SSSR count). The van der Waals surface area contributed by atoms with Crippen molar-refractivity contribution in [1.82, 2.24) is 0 Å². The number of alkyl halides is 1. The molecule has 0 saturated heterocycles. The third kappa shape index (κ3) is 2.22. The number of non-ortho nitro benzene ring substituents is 1. The minimum Gasteiger partial charge on any atom is -0.507 e. The van der Waals surface area contributed by atoms with E-state index in [1.165, 1.54) is 0 Å². The van der Waals surface area contributed by atoms with E-state index in [9.17, 15) is 20.0 Å². The van der Waals surface area contributed by atoms with Crippen LogP contribution < -0.4 is 0 Å². The molecule has 86 valence electrons. The lowest BCUT2D eigenvalue weighted by atomic mass is 10.1. The molecule has 6 nitrogen and oxygen atoms in total. The maximum Gasteiger partial charge on any atom is 0.341 e. The Morgan fingerprint density at radius 3 is 2.69 bits per heavy atom. The number of phenols is 1. The highest BCUT2D eigenvalue weighted by Gasteiger charge is 2.20. The number of benzene rings is 1. The van der Waals surface area contributed by atoms with Gasteiger partial charge in [-0.15, -0.1) is 11.6 Å². The van der Waals surface area contributed by atoms with Gasteiger partial charge in [-0.1, -0.05) is 0 Å². The third-order valence-electron chi connectivity index (χ3n) is 1.93. The predicted octanol–water partition coefficient (Wildman–Crippen LogP) is 1.83. The molecule has 0 fully saturated rings. The van der Waals surface area contributed by atoms with Crippen LogP contribution in [0.4, 0.5) is 5.69 Å². The summed E-state index contributed by atoms with van der Waals surface area (Å²) in [4.78, 5) is 21.1. The van der Waals surface area contributed by atoms with Crippen LogP contribution in [0, 0.1) is 10.1 Å². The summed E-state index contributed by atoms with van der Waals surface area (Å²) in [6, 6.07) is 2.05. The van der Waals surface area contributed by atoms with Gasteiger partial charge in [0.25, 0.3) is 5.69 Å². The van der Waals surface area contributed by atoms with Gasteiger partial charge in [0.15, 0.2) is 0 Å². The zero-order chi connectivity index (χ0) is 12.3. The van der Waals surface area contributed by atoms with Crippen LogP contribution in [-0.2, 0) is 10.6 Å². The molecule has 1 aromatic rings. The number of carbonyl (C=O) groups excluding carboxylic acids is 1. The molecule has 0 aliphatic rings. The quantitative estimate of drug-likeness (QED) is 0.380. The van der Waals surface area contributed by atoms with Crippen LogP contribution in [0.3, 0.4) is 0 Å². The molecule has 7 heteroatoms. The predicted molar refractivity (Wildman–Crippen MR) is 55.7 cm³/mol. The normalized spacial score (nSPS) is 9.88. The summed E-state index contributed by atoms with van der Waals surface area (Å²) in [7, 11) is 1.11. The van der Waals surface area contributed by atoms with Crippen LogP contribution in [0.5, 0.6) is 5.75 Å². The van der Waals surface area contributed by atoms with Gasteiger partial charge in [-0.3, -0.25) is 10.1 Å². The number of methoxy groups -OCH3 is 1. The molecule has 0 heterocycles. The van der Waals surface area contributed by atoms with Gasteiger partial charge < -0.3 is 9.84 Å². The van der Waals surface area contributed by atoms with Gasteiger partial charge in [0.1, 0.15) is 11.3 Å². The Kier molecular flexibility index (Phi) is 3.68. The van der Waals surface area contributed by atoms with Gasteiger partial charge in [-0.2, -0.15) is 0 Å². The fraction of sp³-hybridized carbons (Fsp3) is 0.222. The molecule has 0 radical (unpaired) electrons. The summed E-state index contributed by atoms with van der Waals surface area (Å²) in [6.45, 7) is 0. The van der Waals surface area contributed by atoms with E-state index in [2.05, 4.69) is 4.74 Å². The molecule has 0 atom stereocenters. The highest BCUT2D eigenvalue weighted by Crippen LogP contribution is 2.29. The highest BCUT2D eigenvalue weighted by atomic mass is 35.5. The maximum atomic E-state index is 11.2. The number of rotatable bonds is 3. The first-order valence-corrected chi connectivity index (χ1v) is 4.69. The average Bonchev–Trinajstić information content (AvgIpc) is 2.28. The van der Waals surface area contributed by atoms with Gasteiger partial charge in [0, 0.05) is 17.7 Å². The fourth-order valence-electron chi connectivity index (χ4n) is 1.15. The van der Waals surface area contributed by atoms with Gasteiger partial charge in [0.2, 0.25) is 0 Å². The SMILES string of the molecule is COC(=O)c1cc([N+](=O)[O-])cc(CCl)c1O. The van der Waals surface area contributed by atoms with Crippen molar-refractivity contribution in [3.8, 4) is 5.75 Å². The molecule has 1 aromatic carbocycles. The number of phenolic OH excluding ortho intramolecular Hbond substituents is 1. The zero-order valence-electron chi connectivity index (χ0n) is 8.27. The van der Waals surface area contributed by atoms with Crippen LogP contribution in [0.1, 0.15) is 15.9 Å². The minimum atomic E-state index is -0.854. The van der Waals surface area contributed by atoms with E-state index in [1.807, 2.05) is 0 Å². The number of carbonyl (C=O) groups is 1. The van der Waals surface area contributed by atoms with E-state index in [0.717, 1.165) is 19.2 Å². The van der Waals surface area contributed by atoms with E-state index in [4.69, 9.17) is 11.6 Å².